The SMILES string of the molecule is COc1c(OC2CCN(C)C2)cccc1C1(C(=O)O)CC1. The van der Waals surface area contributed by atoms with E-state index >= 15 is 0 Å². The summed E-state index contributed by atoms with van der Waals surface area (Å²) in [6.45, 7) is 1.91. The van der Waals surface area contributed by atoms with Crippen molar-refractivity contribution in [3.05, 3.63) is 23.8 Å². The number of rotatable bonds is 5. The van der Waals surface area contributed by atoms with Crippen molar-refractivity contribution in [3.63, 3.8) is 0 Å². The van der Waals surface area contributed by atoms with Gasteiger partial charge in [0.1, 0.15) is 6.10 Å². The summed E-state index contributed by atoms with van der Waals surface area (Å²) in [5.74, 6) is 0.452. The fourth-order valence-corrected chi connectivity index (χ4v) is 3.09. The summed E-state index contributed by atoms with van der Waals surface area (Å²) in [5, 5.41) is 9.48. The van der Waals surface area contributed by atoms with Crippen molar-refractivity contribution in [3.8, 4) is 11.5 Å². The number of benzene rings is 1. The van der Waals surface area contributed by atoms with Crippen LogP contribution in [0.5, 0.6) is 11.5 Å². The van der Waals surface area contributed by atoms with E-state index in [1.807, 2.05) is 18.2 Å². The van der Waals surface area contributed by atoms with E-state index in [9.17, 15) is 9.90 Å². The van der Waals surface area contributed by atoms with Gasteiger partial charge in [-0.1, -0.05) is 12.1 Å². The van der Waals surface area contributed by atoms with E-state index in [1.54, 1.807) is 7.11 Å². The van der Waals surface area contributed by atoms with Crippen molar-refractivity contribution in [2.75, 3.05) is 27.2 Å². The summed E-state index contributed by atoms with van der Waals surface area (Å²) < 4.78 is 11.5. The van der Waals surface area contributed by atoms with Crippen LogP contribution < -0.4 is 9.47 Å². The van der Waals surface area contributed by atoms with Crippen LogP contribution in [-0.4, -0.2) is 49.3 Å². The predicted molar refractivity (Wildman–Crippen MR) is 78.1 cm³/mol. The lowest BCUT2D eigenvalue weighted by atomic mass is 9.95. The molecule has 1 saturated carbocycles. The van der Waals surface area contributed by atoms with Crippen LogP contribution in [0.2, 0.25) is 0 Å². The number of ether oxygens (including phenoxy) is 2. The van der Waals surface area contributed by atoms with Gasteiger partial charge in [0.15, 0.2) is 11.5 Å². The Morgan fingerprint density at radius 2 is 2.19 bits per heavy atom. The zero-order valence-electron chi connectivity index (χ0n) is 12.5. The van der Waals surface area contributed by atoms with Gasteiger partial charge in [-0.2, -0.15) is 0 Å². The van der Waals surface area contributed by atoms with Crippen LogP contribution in [-0.2, 0) is 10.2 Å². The molecule has 1 aliphatic heterocycles. The van der Waals surface area contributed by atoms with Gasteiger partial charge in [0.05, 0.1) is 12.5 Å². The molecule has 1 N–H and O–H groups in total. The van der Waals surface area contributed by atoms with Gasteiger partial charge in [-0.05, 0) is 32.4 Å². The maximum absolute atomic E-state index is 11.5. The Balaban J connectivity index is 1.90. The van der Waals surface area contributed by atoms with Gasteiger partial charge in [0, 0.05) is 18.7 Å². The summed E-state index contributed by atoms with van der Waals surface area (Å²) in [6.07, 6.45) is 2.44. The van der Waals surface area contributed by atoms with Crippen LogP contribution in [0.3, 0.4) is 0 Å². The van der Waals surface area contributed by atoms with E-state index in [2.05, 4.69) is 11.9 Å². The third-order valence-electron chi connectivity index (χ3n) is 4.50. The lowest BCUT2D eigenvalue weighted by molar-refractivity contribution is -0.140. The standard InChI is InChI=1S/C16H21NO4/c1-17-9-6-11(10-17)21-13-5-3-4-12(14(13)20-2)16(7-8-16)15(18)19/h3-5,11H,6-10H2,1-2H3,(H,18,19). The second-order valence-corrected chi connectivity index (χ2v) is 6.01. The molecule has 0 radical (unpaired) electrons. The Morgan fingerprint density at radius 3 is 2.71 bits per heavy atom. The Morgan fingerprint density at radius 1 is 1.43 bits per heavy atom. The summed E-state index contributed by atoms with van der Waals surface area (Å²) in [6, 6.07) is 5.56. The van der Waals surface area contributed by atoms with E-state index in [1.165, 1.54) is 0 Å². The monoisotopic (exact) mass is 291 g/mol. The summed E-state index contributed by atoms with van der Waals surface area (Å²) >= 11 is 0. The number of nitrogens with zero attached hydrogens (tertiary/aromatic N) is 1. The van der Waals surface area contributed by atoms with Crippen molar-refractivity contribution < 1.29 is 19.4 Å². The molecule has 1 heterocycles. The number of carbonyl (C=O) groups is 1. The molecule has 0 spiro atoms. The fourth-order valence-electron chi connectivity index (χ4n) is 3.09. The molecule has 21 heavy (non-hydrogen) atoms. The van der Waals surface area contributed by atoms with Crippen molar-refractivity contribution in [2.45, 2.75) is 30.8 Å². The van der Waals surface area contributed by atoms with Crippen molar-refractivity contribution in [2.24, 2.45) is 0 Å². The predicted octanol–water partition coefficient (Wildman–Crippen LogP) is 1.89. The van der Waals surface area contributed by atoms with E-state index in [-0.39, 0.29) is 6.10 Å². The molecule has 1 atom stereocenters. The molecule has 1 saturated heterocycles. The molecule has 3 rings (SSSR count). The van der Waals surface area contributed by atoms with Gasteiger partial charge in [-0.3, -0.25) is 4.79 Å². The first-order valence-electron chi connectivity index (χ1n) is 7.33. The highest BCUT2D eigenvalue weighted by molar-refractivity contribution is 5.86. The van der Waals surface area contributed by atoms with Gasteiger partial charge in [0.2, 0.25) is 0 Å². The first kappa shape index (κ1) is 14.2. The van der Waals surface area contributed by atoms with Gasteiger partial charge >= 0.3 is 5.97 Å². The number of methoxy groups -OCH3 is 1. The van der Waals surface area contributed by atoms with Crippen LogP contribution in [0.1, 0.15) is 24.8 Å². The number of carboxylic acids is 1. The number of hydrogen-bond acceptors (Lipinski definition) is 4. The largest absolute Gasteiger partial charge is 0.493 e. The normalized spacial score (nSPS) is 23.8. The average molecular weight is 291 g/mol. The highest BCUT2D eigenvalue weighted by Crippen LogP contribution is 2.53. The zero-order chi connectivity index (χ0) is 15.0. The van der Waals surface area contributed by atoms with E-state index in [0.717, 1.165) is 25.1 Å². The number of likely N-dealkylation sites (tertiary alicyclic amines) is 1. The Labute approximate surface area is 124 Å². The summed E-state index contributed by atoms with van der Waals surface area (Å²) in [5.41, 5.74) is -0.0432. The molecular formula is C16H21NO4. The molecule has 2 fully saturated rings. The second kappa shape index (κ2) is 5.22. The fraction of sp³-hybridized carbons (Fsp3) is 0.562. The quantitative estimate of drug-likeness (QED) is 0.898. The first-order valence-corrected chi connectivity index (χ1v) is 7.33. The molecule has 5 nitrogen and oxygen atoms in total. The topological polar surface area (TPSA) is 59.0 Å². The van der Waals surface area contributed by atoms with Crippen LogP contribution in [0.15, 0.2) is 18.2 Å². The van der Waals surface area contributed by atoms with Gasteiger partial charge < -0.3 is 19.5 Å². The lowest BCUT2D eigenvalue weighted by Crippen LogP contribution is -2.23. The molecule has 0 aromatic heterocycles. The lowest BCUT2D eigenvalue weighted by Gasteiger charge is -2.20. The minimum Gasteiger partial charge on any atom is -0.493 e. The van der Waals surface area contributed by atoms with Crippen LogP contribution >= 0.6 is 0 Å². The molecule has 1 aromatic rings. The Hall–Kier alpha value is -1.75. The van der Waals surface area contributed by atoms with E-state index in [4.69, 9.17) is 9.47 Å². The highest BCUT2D eigenvalue weighted by atomic mass is 16.5. The number of hydrogen-bond donors (Lipinski definition) is 1. The third-order valence-corrected chi connectivity index (χ3v) is 4.50. The van der Waals surface area contributed by atoms with Crippen molar-refractivity contribution >= 4 is 5.97 Å². The smallest absolute Gasteiger partial charge is 0.314 e. The number of carboxylic acid groups (broad SMARTS) is 1. The van der Waals surface area contributed by atoms with Gasteiger partial charge in [-0.15, -0.1) is 0 Å². The van der Waals surface area contributed by atoms with E-state index in [0.29, 0.717) is 24.3 Å². The Bertz CT molecular complexity index is 553. The van der Waals surface area contributed by atoms with Crippen LogP contribution in [0.25, 0.3) is 0 Å². The summed E-state index contributed by atoms with van der Waals surface area (Å²) in [7, 11) is 3.64. The molecule has 114 valence electrons. The van der Waals surface area contributed by atoms with Crippen molar-refractivity contribution in [1.29, 1.82) is 0 Å². The molecular weight excluding hydrogens is 270 g/mol. The van der Waals surface area contributed by atoms with E-state index < -0.39 is 11.4 Å². The third kappa shape index (κ3) is 2.46. The van der Waals surface area contributed by atoms with Crippen molar-refractivity contribution in [1.82, 2.24) is 4.90 Å². The molecule has 1 unspecified atom stereocenters. The minimum atomic E-state index is -0.781. The molecule has 1 aliphatic carbocycles. The Kier molecular flexibility index (Phi) is 3.53. The molecule has 5 heteroatoms. The first-order chi connectivity index (χ1) is 10.1. The van der Waals surface area contributed by atoms with Gasteiger partial charge in [0.25, 0.3) is 0 Å². The minimum absolute atomic E-state index is 0.138. The molecule has 1 aromatic carbocycles. The number of para-hydroxylation sites is 1. The molecule has 0 amide bonds. The average Bonchev–Trinajstić information content (AvgIpc) is 3.18. The molecule has 0 bridgehead atoms. The highest BCUT2D eigenvalue weighted by Gasteiger charge is 2.53. The van der Waals surface area contributed by atoms with Gasteiger partial charge in [-0.25, -0.2) is 0 Å². The maximum Gasteiger partial charge on any atom is 0.314 e. The van der Waals surface area contributed by atoms with Crippen LogP contribution in [0.4, 0.5) is 0 Å². The zero-order valence-corrected chi connectivity index (χ0v) is 12.5. The van der Waals surface area contributed by atoms with Crippen LogP contribution in [0, 0.1) is 0 Å². The summed E-state index contributed by atoms with van der Waals surface area (Å²) in [4.78, 5) is 13.8. The number of aliphatic carboxylic acids is 1. The number of likely N-dealkylation sites (N-methyl/N-ethyl adjacent to an activating group) is 1. The second-order valence-electron chi connectivity index (χ2n) is 6.01. The molecule has 2 aliphatic rings. The maximum atomic E-state index is 11.5.